The Hall–Kier alpha value is -1.60. The van der Waals surface area contributed by atoms with Crippen LogP contribution in [0.4, 0.5) is 0 Å². The largest absolute Gasteiger partial charge is 0.480 e. The van der Waals surface area contributed by atoms with Crippen LogP contribution in [0.3, 0.4) is 0 Å². The number of aliphatic carboxylic acids is 1. The maximum absolute atomic E-state index is 11.8. The monoisotopic (exact) mass is 292 g/mol. The van der Waals surface area contributed by atoms with Crippen molar-refractivity contribution in [2.75, 3.05) is 5.75 Å². The predicted molar refractivity (Wildman–Crippen MR) is 62.8 cm³/mol. The van der Waals surface area contributed by atoms with Crippen molar-refractivity contribution in [1.29, 1.82) is 0 Å². The van der Waals surface area contributed by atoms with E-state index in [1.165, 1.54) is 13.0 Å². The van der Waals surface area contributed by atoms with Gasteiger partial charge in [0.05, 0.1) is 15.5 Å². The molecule has 1 aromatic rings. The lowest BCUT2D eigenvalue weighted by Gasteiger charge is -2.10. The van der Waals surface area contributed by atoms with Gasteiger partial charge in [0.15, 0.2) is 15.6 Å². The molecular formula is C10H9ClO6S. The average molecular weight is 293 g/mol. The number of halogens is 1. The van der Waals surface area contributed by atoms with Gasteiger partial charge < -0.3 is 10.2 Å². The molecule has 1 rings (SSSR count). The molecule has 0 atom stereocenters. The van der Waals surface area contributed by atoms with Crippen LogP contribution in [-0.2, 0) is 14.6 Å². The van der Waals surface area contributed by atoms with Crippen molar-refractivity contribution in [3.8, 4) is 0 Å². The molecule has 0 aliphatic carbocycles. The Morgan fingerprint density at radius 3 is 2.28 bits per heavy atom. The maximum atomic E-state index is 11.8. The average Bonchev–Trinajstić information content (AvgIpc) is 2.13. The van der Waals surface area contributed by atoms with Gasteiger partial charge in [-0.1, -0.05) is 11.6 Å². The van der Waals surface area contributed by atoms with Crippen molar-refractivity contribution in [1.82, 2.24) is 0 Å². The molecule has 98 valence electrons. The number of hydrogen-bond acceptors (Lipinski definition) is 4. The van der Waals surface area contributed by atoms with Crippen molar-refractivity contribution in [2.45, 2.75) is 11.8 Å². The molecule has 2 N–H and O–H groups in total. The number of carbonyl (C=O) groups is 2. The Balaban J connectivity index is 3.54. The van der Waals surface area contributed by atoms with Crippen molar-refractivity contribution in [2.24, 2.45) is 0 Å². The fraction of sp³-hybridized carbons (Fsp3) is 0.200. The third-order valence-corrected chi connectivity index (χ3v) is 4.41. The van der Waals surface area contributed by atoms with Crippen molar-refractivity contribution >= 4 is 33.4 Å². The lowest BCUT2D eigenvalue weighted by atomic mass is 10.1. The summed E-state index contributed by atoms with van der Waals surface area (Å²) in [5, 5.41) is 17.2. The molecule has 0 spiro atoms. The Morgan fingerprint density at radius 1 is 1.28 bits per heavy atom. The van der Waals surface area contributed by atoms with Crippen LogP contribution in [0.5, 0.6) is 0 Å². The number of carboxylic acid groups (broad SMARTS) is 2. The zero-order valence-electron chi connectivity index (χ0n) is 9.18. The molecule has 0 aliphatic rings. The number of rotatable bonds is 4. The summed E-state index contributed by atoms with van der Waals surface area (Å²) < 4.78 is 23.6. The summed E-state index contributed by atoms with van der Waals surface area (Å²) in [7, 11) is -4.17. The number of benzene rings is 1. The minimum absolute atomic E-state index is 0.0729. The quantitative estimate of drug-likeness (QED) is 0.863. The van der Waals surface area contributed by atoms with Gasteiger partial charge in [-0.05, 0) is 24.6 Å². The highest BCUT2D eigenvalue weighted by atomic mass is 35.5. The summed E-state index contributed by atoms with van der Waals surface area (Å²) in [4.78, 5) is 20.9. The van der Waals surface area contributed by atoms with Crippen LogP contribution in [0.1, 0.15) is 15.9 Å². The Labute approximate surface area is 108 Å². The minimum atomic E-state index is -4.17. The number of hydrogen-bond donors (Lipinski definition) is 2. The van der Waals surface area contributed by atoms with E-state index in [0.29, 0.717) is 0 Å². The van der Waals surface area contributed by atoms with Gasteiger partial charge >= 0.3 is 11.9 Å². The van der Waals surface area contributed by atoms with Crippen molar-refractivity contribution in [3.05, 3.63) is 28.3 Å². The van der Waals surface area contributed by atoms with Gasteiger partial charge in [0.25, 0.3) is 0 Å². The van der Waals surface area contributed by atoms with Gasteiger partial charge in [0.1, 0.15) is 0 Å². The van der Waals surface area contributed by atoms with Gasteiger partial charge in [-0.3, -0.25) is 4.79 Å². The molecule has 18 heavy (non-hydrogen) atoms. The molecule has 0 unspecified atom stereocenters. The fourth-order valence-electron chi connectivity index (χ4n) is 1.51. The summed E-state index contributed by atoms with van der Waals surface area (Å²) in [6.07, 6.45) is 0. The van der Waals surface area contributed by atoms with Gasteiger partial charge in [-0.2, -0.15) is 0 Å². The highest BCUT2D eigenvalue weighted by molar-refractivity contribution is 7.92. The molecule has 1 aromatic carbocycles. The number of carboxylic acids is 2. The standard InChI is InChI=1S/C10H9ClO6S/c1-5-6(10(14)15)2-3-7(11)9(5)18(16,17)4-8(12)13/h2-3H,4H2,1H3,(H,12,13)(H,14,15). The summed E-state index contributed by atoms with van der Waals surface area (Å²) in [5.74, 6) is -3.99. The van der Waals surface area contributed by atoms with Crippen LogP contribution in [0, 0.1) is 6.92 Å². The molecule has 0 heterocycles. The molecular weight excluding hydrogens is 284 g/mol. The predicted octanol–water partition coefficient (Wildman–Crippen LogP) is 1.20. The Kier molecular flexibility index (Phi) is 3.98. The normalized spacial score (nSPS) is 11.2. The smallest absolute Gasteiger partial charge is 0.335 e. The van der Waals surface area contributed by atoms with Crippen molar-refractivity contribution in [3.63, 3.8) is 0 Å². The number of sulfone groups is 1. The van der Waals surface area contributed by atoms with E-state index in [1.807, 2.05) is 0 Å². The summed E-state index contributed by atoms with van der Waals surface area (Å²) in [5.41, 5.74) is -0.306. The SMILES string of the molecule is Cc1c(C(=O)O)ccc(Cl)c1S(=O)(=O)CC(=O)O. The van der Waals surface area contributed by atoms with E-state index in [1.54, 1.807) is 0 Å². The van der Waals surface area contributed by atoms with E-state index >= 15 is 0 Å². The van der Waals surface area contributed by atoms with Gasteiger partial charge in [0.2, 0.25) is 0 Å². The third kappa shape index (κ3) is 2.80. The van der Waals surface area contributed by atoms with Crippen LogP contribution in [0.2, 0.25) is 5.02 Å². The first-order valence-corrected chi connectivity index (χ1v) is 6.67. The first-order chi connectivity index (χ1) is 8.16. The minimum Gasteiger partial charge on any atom is -0.480 e. The first kappa shape index (κ1) is 14.5. The van der Waals surface area contributed by atoms with Gasteiger partial charge in [-0.25, -0.2) is 13.2 Å². The lowest BCUT2D eigenvalue weighted by molar-refractivity contribution is -0.134. The Bertz CT molecular complexity index is 620. The number of aromatic carboxylic acids is 1. The molecule has 0 aliphatic heterocycles. The van der Waals surface area contributed by atoms with Gasteiger partial charge in [0, 0.05) is 0 Å². The van der Waals surface area contributed by atoms with Crippen molar-refractivity contribution < 1.29 is 28.2 Å². The van der Waals surface area contributed by atoms with Crippen LogP contribution in [0.25, 0.3) is 0 Å². The lowest BCUT2D eigenvalue weighted by Crippen LogP contribution is -2.18. The Morgan fingerprint density at radius 2 is 1.83 bits per heavy atom. The van der Waals surface area contributed by atoms with Crippen LogP contribution >= 0.6 is 11.6 Å². The second-order valence-corrected chi connectivity index (χ2v) is 5.84. The van der Waals surface area contributed by atoms with Crippen LogP contribution < -0.4 is 0 Å². The maximum Gasteiger partial charge on any atom is 0.335 e. The summed E-state index contributed by atoms with van der Waals surface area (Å²) >= 11 is 5.71. The zero-order valence-corrected chi connectivity index (χ0v) is 10.7. The molecule has 0 aromatic heterocycles. The van der Waals surface area contributed by atoms with Crippen LogP contribution in [-0.4, -0.2) is 36.3 Å². The fourth-order valence-corrected chi connectivity index (χ4v) is 3.48. The van der Waals surface area contributed by atoms with E-state index in [0.717, 1.165) is 6.07 Å². The summed E-state index contributed by atoms with van der Waals surface area (Å²) in [6, 6.07) is 2.28. The molecule has 8 heteroatoms. The highest BCUT2D eigenvalue weighted by Gasteiger charge is 2.26. The second-order valence-electron chi connectivity index (χ2n) is 3.51. The summed E-state index contributed by atoms with van der Waals surface area (Å²) in [6.45, 7) is 1.27. The highest BCUT2D eigenvalue weighted by Crippen LogP contribution is 2.28. The van der Waals surface area contributed by atoms with Crippen LogP contribution in [0.15, 0.2) is 17.0 Å². The molecule has 0 saturated carbocycles. The van der Waals surface area contributed by atoms with Gasteiger partial charge in [-0.15, -0.1) is 0 Å². The third-order valence-electron chi connectivity index (χ3n) is 2.21. The molecule has 0 amide bonds. The topological polar surface area (TPSA) is 109 Å². The van der Waals surface area contributed by atoms with E-state index in [-0.39, 0.29) is 16.1 Å². The first-order valence-electron chi connectivity index (χ1n) is 4.63. The van der Waals surface area contributed by atoms with E-state index in [4.69, 9.17) is 21.8 Å². The molecule has 0 bridgehead atoms. The van der Waals surface area contributed by atoms with E-state index in [9.17, 15) is 18.0 Å². The second kappa shape index (κ2) is 4.95. The van der Waals surface area contributed by atoms with E-state index < -0.39 is 32.4 Å². The molecule has 6 nitrogen and oxygen atoms in total. The molecule has 0 saturated heterocycles. The molecule has 0 fully saturated rings. The zero-order chi connectivity index (χ0) is 14.1. The molecule has 0 radical (unpaired) electrons. The van der Waals surface area contributed by atoms with E-state index in [2.05, 4.69) is 0 Å².